The summed E-state index contributed by atoms with van der Waals surface area (Å²) < 4.78 is 0. The smallest absolute Gasteiger partial charge is 0.00767 e. The predicted octanol–water partition coefficient (Wildman–Crippen LogP) is 3.09. The van der Waals surface area contributed by atoms with Crippen molar-refractivity contribution in [3.63, 3.8) is 0 Å². The summed E-state index contributed by atoms with van der Waals surface area (Å²) >= 11 is 0. The lowest BCUT2D eigenvalue weighted by atomic mass is 9.84. The van der Waals surface area contributed by atoms with Gasteiger partial charge in [-0.05, 0) is 49.9 Å². The number of likely N-dealkylation sites (N-methyl/N-ethyl adjacent to an activating group) is 1. The molecule has 1 aliphatic rings. The Morgan fingerprint density at radius 3 is 2.37 bits per heavy atom. The fourth-order valence-corrected chi connectivity index (χ4v) is 2.96. The molecule has 2 nitrogen and oxygen atoms in total. The highest BCUT2D eigenvalue weighted by Crippen LogP contribution is 2.32. The van der Waals surface area contributed by atoms with Gasteiger partial charge in [0.15, 0.2) is 0 Å². The summed E-state index contributed by atoms with van der Waals surface area (Å²) in [6.45, 7) is 3.17. The Bertz CT molecular complexity index is 339. The van der Waals surface area contributed by atoms with E-state index in [9.17, 15) is 0 Å². The van der Waals surface area contributed by atoms with Crippen LogP contribution in [-0.4, -0.2) is 26.7 Å². The van der Waals surface area contributed by atoms with Crippen LogP contribution < -0.4 is 10.6 Å². The third-order valence-corrected chi connectivity index (χ3v) is 4.20. The predicted molar refractivity (Wildman–Crippen MR) is 82.8 cm³/mol. The zero-order chi connectivity index (χ0) is 13.3. The summed E-state index contributed by atoms with van der Waals surface area (Å²) in [6, 6.07) is 9.37. The zero-order valence-corrected chi connectivity index (χ0v) is 12.3. The molecule has 2 N–H and O–H groups in total. The topological polar surface area (TPSA) is 24.1 Å². The maximum atomic E-state index is 3.45. The van der Waals surface area contributed by atoms with Gasteiger partial charge in [0.25, 0.3) is 0 Å². The second kappa shape index (κ2) is 8.34. The van der Waals surface area contributed by atoms with Crippen LogP contribution in [0.2, 0.25) is 0 Å². The van der Waals surface area contributed by atoms with E-state index < -0.39 is 0 Å². The number of rotatable bonds is 7. The number of hydrogen-bond acceptors (Lipinski definition) is 2. The number of hydrogen-bond donors (Lipinski definition) is 2. The first-order valence-corrected chi connectivity index (χ1v) is 7.84. The molecular weight excluding hydrogens is 232 g/mol. The van der Waals surface area contributed by atoms with Crippen molar-refractivity contribution in [1.82, 2.24) is 10.6 Å². The van der Waals surface area contributed by atoms with Gasteiger partial charge in [0.1, 0.15) is 0 Å². The lowest BCUT2D eigenvalue weighted by Crippen LogP contribution is -2.26. The van der Waals surface area contributed by atoms with E-state index in [1.165, 1.54) is 37.7 Å². The van der Waals surface area contributed by atoms with E-state index in [1.54, 1.807) is 5.56 Å². The van der Waals surface area contributed by atoms with Gasteiger partial charge in [-0.2, -0.15) is 0 Å². The Morgan fingerprint density at radius 2 is 1.68 bits per heavy atom. The van der Waals surface area contributed by atoms with Gasteiger partial charge in [-0.25, -0.2) is 0 Å². The second-order valence-corrected chi connectivity index (χ2v) is 5.68. The molecule has 2 heteroatoms. The van der Waals surface area contributed by atoms with Crippen molar-refractivity contribution in [2.75, 3.05) is 26.7 Å². The summed E-state index contributed by atoms with van der Waals surface area (Å²) in [5, 5.41) is 6.60. The van der Waals surface area contributed by atoms with Crippen molar-refractivity contribution in [3.05, 3.63) is 35.4 Å². The summed E-state index contributed by atoms with van der Waals surface area (Å²) in [5.41, 5.74) is 3.02. The van der Waals surface area contributed by atoms with E-state index in [0.717, 1.165) is 32.0 Å². The summed E-state index contributed by atoms with van der Waals surface area (Å²) in [5.74, 6) is 0.830. The van der Waals surface area contributed by atoms with E-state index >= 15 is 0 Å². The molecule has 0 bridgehead atoms. The van der Waals surface area contributed by atoms with Crippen molar-refractivity contribution in [2.24, 2.45) is 0 Å². The Balaban J connectivity index is 1.74. The molecule has 19 heavy (non-hydrogen) atoms. The van der Waals surface area contributed by atoms with Gasteiger partial charge in [-0.15, -0.1) is 0 Å². The van der Waals surface area contributed by atoms with Crippen LogP contribution in [0, 0.1) is 0 Å². The standard InChI is InChI=1S/C17H28N2/c1-18-13-14-19-12-11-15-7-9-17(10-8-15)16-5-3-2-4-6-16/h7-10,16,18-19H,2-6,11-14H2,1H3. The molecule has 0 amide bonds. The largest absolute Gasteiger partial charge is 0.318 e. The van der Waals surface area contributed by atoms with Gasteiger partial charge in [0.2, 0.25) is 0 Å². The third-order valence-electron chi connectivity index (χ3n) is 4.20. The van der Waals surface area contributed by atoms with Gasteiger partial charge >= 0.3 is 0 Å². The minimum absolute atomic E-state index is 0.830. The quantitative estimate of drug-likeness (QED) is 0.736. The molecule has 2 rings (SSSR count). The van der Waals surface area contributed by atoms with Crippen LogP contribution in [0.4, 0.5) is 0 Å². The average molecular weight is 260 g/mol. The first-order valence-electron chi connectivity index (χ1n) is 7.84. The molecule has 0 unspecified atom stereocenters. The molecule has 0 radical (unpaired) electrons. The third kappa shape index (κ3) is 4.96. The fraction of sp³-hybridized carbons (Fsp3) is 0.647. The molecular formula is C17H28N2. The highest BCUT2D eigenvalue weighted by molar-refractivity contribution is 5.25. The molecule has 0 aliphatic heterocycles. The average Bonchev–Trinajstić information content (AvgIpc) is 2.49. The first-order chi connectivity index (χ1) is 9.40. The summed E-state index contributed by atoms with van der Waals surface area (Å²) in [4.78, 5) is 0. The van der Waals surface area contributed by atoms with E-state index in [2.05, 4.69) is 34.9 Å². The maximum Gasteiger partial charge on any atom is 0.00767 e. The van der Waals surface area contributed by atoms with Gasteiger partial charge < -0.3 is 10.6 Å². The van der Waals surface area contributed by atoms with Crippen molar-refractivity contribution >= 4 is 0 Å². The van der Waals surface area contributed by atoms with Crippen molar-refractivity contribution in [1.29, 1.82) is 0 Å². The molecule has 1 aromatic rings. The number of nitrogens with one attached hydrogen (secondary N) is 2. The Kier molecular flexibility index (Phi) is 6.38. The van der Waals surface area contributed by atoms with E-state index in [4.69, 9.17) is 0 Å². The Hall–Kier alpha value is -0.860. The highest BCUT2D eigenvalue weighted by Gasteiger charge is 2.14. The minimum Gasteiger partial charge on any atom is -0.318 e. The molecule has 1 fully saturated rings. The second-order valence-electron chi connectivity index (χ2n) is 5.68. The maximum absolute atomic E-state index is 3.45. The first kappa shape index (κ1) is 14.5. The molecule has 1 saturated carbocycles. The minimum atomic E-state index is 0.830. The molecule has 106 valence electrons. The Labute approximate surface area is 118 Å². The summed E-state index contributed by atoms with van der Waals surface area (Å²) in [7, 11) is 1.99. The van der Waals surface area contributed by atoms with Crippen LogP contribution in [0.5, 0.6) is 0 Å². The van der Waals surface area contributed by atoms with Gasteiger partial charge in [0, 0.05) is 13.1 Å². The van der Waals surface area contributed by atoms with Crippen molar-refractivity contribution < 1.29 is 0 Å². The van der Waals surface area contributed by atoms with Crippen LogP contribution in [-0.2, 0) is 6.42 Å². The van der Waals surface area contributed by atoms with Crippen molar-refractivity contribution in [2.45, 2.75) is 44.4 Å². The fourth-order valence-electron chi connectivity index (χ4n) is 2.96. The van der Waals surface area contributed by atoms with E-state index in [1.807, 2.05) is 7.05 Å². The summed E-state index contributed by atoms with van der Waals surface area (Å²) in [6.07, 6.45) is 8.20. The normalized spacial score (nSPS) is 16.7. The van der Waals surface area contributed by atoms with Crippen LogP contribution in [0.3, 0.4) is 0 Å². The molecule has 1 aromatic carbocycles. The van der Waals surface area contributed by atoms with Gasteiger partial charge in [0.05, 0.1) is 0 Å². The highest BCUT2D eigenvalue weighted by atomic mass is 14.9. The monoisotopic (exact) mass is 260 g/mol. The van der Waals surface area contributed by atoms with Crippen LogP contribution in [0.25, 0.3) is 0 Å². The molecule has 1 aliphatic carbocycles. The van der Waals surface area contributed by atoms with Gasteiger partial charge in [-0.3, -0.25) is 0 Å². The van der Waals surface area contributed by atoms with Crippen LogP contribution in [0.15, 0.2) is 24.3 Å². The van der Waals surface area contributed by atoms with Gasteiger partial charge in [-0.1, -0.05) is 43.5 Å². The van der Waals surface area contributed by atoms with E-state index in [0.29, 0.717) is 0 Å². The molecule has 0 aromatic heterocycles. The molecule has 0 spiro atoms. The van der Waals surface area contributed by atoms with Crippen LogP contribution in [0.1, 0.15) is 49.1 Å². The molecule has 0 saturated heterocycles. The van der Waals surface area contributed by atoms with Crippen LogP contribution >= 0.6 is 0 Å². The molecule has 0 heterocycles. The lowest BCUT2D eigenvalue weighted by molar-refractivity contribution is 0.443. The Morgan fingerprint density at radius 1 is 0.947 bits per heavy atom. The lowest BCUT2D eigenvalue weighted by Gasteiger charge is -2.22. The van der Waals surface area contributed by atoms with E-state index in [-0.39, 0.29) is 0 Å². The zero-order valence-electron chi connectivity index (χ0n) is 12.3. The van der Waals surface area contributed by atoms with Crippen molar-refractivity contribution in [3.8, 4) is 0 Å². The molecule has 0 atom stereocenters. The SMILES string of the molecule is CNCCNCCc1ccc(C2CCCCC2)cc1. The number of benzene rings is 1.